The number of hydrogen-bond acceptors (Lipinski definition) is 4. The number of rotatable bonds is 3. The molecule has 1 heterocycles. The van der Waals surface area contributed by atoms with Crippen LogP contribution in [-0.2, 0) is 16.1 Å². The van der Waals surface area contributed by atoms with Crippen molar-refractivity contribution in [1.82, 2.24) is 0 Å². The fraction of sp³-hybridized carbons (Fsp3) is 0.438. The molecule has 1 saturated carbocycles. The van der Waals surface area contributed by atoms with E-state index in [0.29, 0.717) is 12.3 Å². The molecule has 1 aromatic rings. The first-order valence-corrected chi connectivity index (χ1v) is 7.07. The van der Waals surface area contributed by atoms with Crippen LogP contribution in [0, 0.1) is 0 Å². The Kier molecular flexibility index (Phi) is 3.38. The molecule has 0 saturated heterocycles. The highest BCUT2D eigenvalue weighted by molar-refractivity contribution is 6.44. The summed E-state index contributed by atoms with van der Waals surface area (Å²) in [6.07, 6.45) is 5.05. The predicted molar refractivity (Wildman–Crippen MR) is 78.1 cm³/mol. The maximum atomic E-state index is 12.1. The second-order valence-electron chi connectivity index (χ2n) is 5.44. The van der Waals surface area contributed by atoms with E-state index in [4.69, 9.17) is 4.74 Å². The molecule has 1 aromatic carbocycles. The monoisotopic (exact) mass is 270 g/mol. The zero-order valence-corrected chi connectivity index (χ0v) is 11.5. The molecule has 0 atom stereocenters. The van der Waals surface area contributed by atoms with E-state index in [2.05, 4.69) is 16.7 Å². The van der Waals surface area contributed by atoms with Gasteiger partial charge in [0.05, 0.1) is 6.54 Å². The number of hydrogen-bond donors (Lipinski definition) is 0. The van der Waals surface area contributed by atoms with Crippen LogP contribution in [0.25, 0.3) is 0 Å². The summed E-state index contributed by atoms with van der Waals surface area (Å²) in [6.45, 7) is 4.06. The summed E-state index contributed by atoms with van der Waals surface area (Å²) >= 11 is 0. The summed E-state index contributed by atoms with van der Waals surface area (Å²) in [5.41, 5.74) is 1.78. The molecule has 2 aliphatic rings. The van der Waals surface area contributed by atoms with E-state index in [1.807, 2.05) is 24.3 Å². The first-order chi connectivity index (χ1) is 9.72. The van der Waals surface area contributed by atoms with Crippen LogP contribution in [-0.4, -0.2) is 24.1 Å². The highest BCUT2D eigenvalue weighted by Gasteiger charge is 2.42. The Morgan fingerprint density at radius 2 is 1.90 bits per heavy atom. The Morgan fingerprint density at radius 3 is 2.55 bits per heavy atom. The maximum Gasteiger partial charge on any atom is 0.359 e. The van der Waals surface area contributed by atoms with Gasteiger partial charge in [0, 0.05) is 18.4 Å². The van der Waals surface area contributed by atoms with E-state index < -0.39 is 5.72 Å². The average molecular weight is 270 g/mol. The number of carbonyl (C=O) groups excluding carboxylic acids is 1. The second-order valence-corrected chi connectivity index (χ2v) is 5.44. The number of ether oxygens (including phenoxy) is 1. The molecule has 1 fully saturated rings. The molecule has 1 spiro atoms. The van der Waals surface area contributed by atoms with E-state index in [1.54, 1.807) is 0 Å². The summed E-state index contributed by atoms with van der Waals surface area (Å²) in [4.78, 5) is 20.5. The van der Waals surface area contributed by atoms with Crippen molar-refractivity contribution in [2.75, 3.05) is 0 Å². The number of benzene rings is 1. The minimum atomic E-state index is -0.577. The Labute approximate surface area is 118 Å². The molecule has 0 unspecified atom stereocenters. The van der Waals surface area contributed by atoms with Crippen molar-refractivity contribution in [1.29, 1.82) is 0 Å². The summed E-state index contributed by atoms with van der Waals surface area (Å²) in [6, 6.07) is 7.71. The summed E-state index contributed by atoms with van der Waals surface area (Å²) in [5, 5.41) is 0. The lowest BCUT2D eigenvalue weighted by Crippen LogP contribution is -2.30. The van der Waals surface area contributed by atoms with E-state index in [1.165, 1.54) is 6.42 Å². The largest absolute Gasteiger partial charge is 0.432 e. The zero-order chi connectivity index (χ0) is 14.0. The smallest absolute Gasteiger partial charge is 0.359 e. The van der Waals surface area contributed by atoms with Gasteiger partial charge < -0.3 is 4.74 Å². The van der Waals surface area contributed by atoms with Crippen molar-refractivity contribution in [3.63, 3.8) is 0 Å². The molecule has 0 radical (unpaired) electrons. The Morgan fingerprint density at radius 1 is 1.20 bits per heavy atom. The fourth-order valence-electron chi connectivity index (χ4n) is 2.89. The van der Waals surface area contributed by atoms with Gasteiger partial charge in [-0.1, -0.05) is 30.7 Å². The number of nitrogens with zero attached hydrogens (tertiary/aromatic N) is 2. The highest BCUT2D eigenvalue weighted by atomic mass is 16.6. The lowest BCUT2D eigenvalue weighted by molar-refractivity contribution is -0.148. The Balaban J connectivity index is 1.86. The first kappa shape index (κ1) is 13.0. The zero-order valence-electron chi connectivity index (χ0n) is 11.5. The van der Waals surface area contributed by atoms with Crippen LogP contribution in [0.5, 0.6) is 0 Å². The van der Waals surface area contributed by atoms with Gasteiger partial charge in [-0.2, -0.15) is 0 Å². The van der Waals surface area contributed by atoms with Crippen molar-refractivity contribution >= 4 is 18.4 Å². The third-order valence-electron chi connectivity index (χ3n) is 3.95. The minimum absolute atomic E-state index is 0.290. The number of carbonyl (C=O) groups is 1. The van der Waals surface area contributed by atoms with Crippen molar-refractivity contribution in [2.24, 2.45) is 9.98 Å². The third-order valence-corrected chi connectivity index (χ3v) is 3.95. The van der Waals surface area contributed by atoms with Gasteiger partial charge in [0.15, 0.2) is 5.71 Å². The number of aliphatic imine (C=N–C) groups is 2. The van der Waals surface area contributed by atoms with Crippen LogP contribution in [0.3, 0.4) is 0 Å². The van der Waals surface area contributed by atoms with Gasteiger partial charge in [-0.15, -0.1) is 0 Å². The van der Waals surface area contributed by atoms with Gasteiger partial charge in [-0.3, -0.25) is 4.99 Å². The standard InChI is InChI=1S/C16H18N2O2/c1-17-11-12-5-7-13(8-6-12)14-15(19)20-16(18-14)9-3-2-4-10-16/h5-8H,1-4,9-11H2. The van der Waals surface area contributed by atoms with Crippen LogP contribution in [0.1, 0.15) is 43.2 Å². The van der Waals surface area contributed by atoms with Gasteiger partial charge >= 0.3 is 5.97 Å². The van der Waals surface area contributed by atoms with Crippen molar-refractivity contribution in [2.45, 2.75) is 44.4 Å². The van der Waals surface area contributed by atoms with E-state index in [0.717, 1.165) is 36.8 Å². The first-order valence-electron chi connectivity index (χ1n) is 7.07. The quantitative estimate of drug-likeness (QED) is 0.626. The predicted octanol–water partition coefficient (Wildman–Crippen LogP) is 2.89. The van der Waals surface area contributed by atoms with Crippen LogP contribution in [0.2, 0.25) is 0 Å². The van der Waals surface area contributed by atoms with Gasteiger partial charge in [0.2, 0.25) is 5.72 Å². The van der Waals surface area contributed by atoms with E-state index in [-0.39, 0.29) is 5.97 Å². The Bertz CT molecular complexity index is 554. The summed E-state index contributed by atoms with van der Waals surface area (Å²) in [7, 11) is 0. The molecule has 0 bridgehead atoms. The van der Waals surface area contributed by atoms with Crippen LogP contribution in [0.15, 0.2) is 34.3 Å². The fourth-order valence-corrected chi connectivity index (χ4v) is 2.89. The highest BCUT2D eigenvalue weighted by Crippen LogP contribution is 2.37. The molecule has 104 valence electrons. The lowest BCUT2D eigenvalue weighted by atomic mass is 9.92. The molecule has 0 aromatic heterocycles. The van der Waals surface area contributed by atoms with Crippen molar-refractivity contribution < 1.29 is 9.53 Å². The second kappa shape index (κ2) is 5.19. The molecule has 1 aliphatic carbocycles. The van der Waals surface area contributed by atoms with Gasteiger partial charge in [-0.05, 0) is 25.1 Å². The molecule has 4 nitrogen and oxygen atoms in total. The van der Waals surface area contributed by atoms with Crippen molar-refractivity contribution in [3.8, 4) is 0 Å². The SMILES string of the molecule is C=NCc1ccc(C2=NC3(CCCCC3)OC2=O)cc1. The van der Waals surface area contributed by atoms with Crippen LogP contribution in [0.4, 0.5) is 0 Å². The molecule has 0 amide bonds. The molecular formula is C16H18N2O2. The molecule has 4 heteroatoms. The van der Waals surface area contributed by atoms with E-state index in [9.17, 15) is 4.79 Å². The van der Waals surface area contributed by atoms with Crippen molar-refractivity contribution in [3.05, 3.63) is 35.4 Å². The third kappa shape index (κ3) is 2.38. The van der Waals surface area contributed by atoms with Gasteiger partial charge in [-0.25, -0.2) is 9.79 Å². The molecule has 3 rings (SSSR count). The summed E-state index contributed by atoms with van der Waals surface area (Å²) in [5.74, 6) is -0.290. The maximum absolute atomic E-state index is 12.1. The van der Waals surface area contributed by atoms with Gasteiger partial charge in [0.25, 0.3) is 0 Å². The number of esters is 1. The van der Waals surface area contributed by atoms with Gasteiger partial charge in [0.1, 0.15) is 0 Å². The average Bonchev–Trinajstić information content (AvgIpc) is 2.77. The Hall–Kier alpha value is -1.97. The molecular weight excluding hydrogens is 252 g/mol. The normalized spacial score (nSPS) is 20.6. The molecule has 0 N–H and O–H groups in total. The summed E-state index contributed by atoms with van der Waals surface area (Å²) < 4.78 is 5.56. The minimum Gasteiger partial charge on any atom is -0.432 e. The van der Waals surface area contributed by atoms with Crippen LogP contribution >= 0.6 is 0 Å². The topological polar surface area (TPSA) is 51.0 Å². The lowest BCUT2D eigenvalue weighted by Gasteiger charge is -2.28. The van der Waals surface area contributed by atoms with Crippen LogP contribution < -0.4 is 0 Å². The molecule has 20 heavy (non-hydrogen) atoms. The van der Waals surface area contributed by atoms with E-state index >= 15 is 0 Å². The molecule has 1 aliphatic heterocycles.